The largest absolute Gasteiger partial charge is 0.480 e. The Morgan fingerprint density at radius 1 is 0.796 bits per heavy atom. The molecular formula is C40H26N2O3S4. The average molecular weight is 711 g/mol. The average Bonchev–Trinajstić information content (AvgIpc) is 3.94. The van der Waals surface area contributed by atoms with Gasteiger partial charge in [-0.2, -0.15) is 0 Å². The molecule has 1 atom stereocenters. The van der Waals surface area contributed by atoms with E-state index in [1.54, 1.807) is 28.7 Å². The molecule has 238 valence electrons. The van der Waals surface area contributed by atoms with Gasteiger partial charge in [-0.3, -0.25) is 14.5 Å². The number of rotatable bonds is 6. The highest BCUT2D eigenvalue weighted by atomic mass is 32.2. The Hall–Kier alpha value is -4.80. The van der Waals surface area contributed by atoms with Crippen LogP contribution in [-0.2, 0) is 9.59 Å². The summed E-state index contributed by atoms with van der Waals surface area (Å²) in [5, 5.41) is 11.6. The number of para-hydroxylation sites is 1. The number of amides is 1. The Morgan fingerprint density at radius 2 is 1.53 bits per heavy atom. The molecule has 2 aliphatic rings. The van der Waals surface area contributed by atoms with Crippen molar-refractivity contribution in [3.8, 4) is 37.0 Å². The van der Waals surface area contributed by atoms with E-state index in [1.165, 1.54) is 60.2 Å². The second-order valence-electron chi connectivity index (χ2n) is 12.2. The Morgan fingerprint density at radius 3 is 2.41 bits per heavy atom. The van der Waals surface area contributed by atoms with Crippen LogP contribution in [0.3, 0.4) is 0 Å². The van der Waals surface area contributed by atoms with E-state index in [9.17, 15) is 9.59 Å². The van der Waals surface area contributed by atoms with Gasteiger partial charge in [0.05, 0.1) is 15.9 Å². The van der Waals surface area contributed by atoms with Crippen LogP contribution >= 0.6 is 46.7 Å². The molecule has 5 nitrogen and oxygen atoms in total. The van der Waals surface area contributed by atoms with E-state index in [-0.39, 0.29) is 10.2 Å². The van der Waals surface area contributed by atoms with Crippen LogP contribution in [0, 0.1) is 0 Å². The maximum absolute atomic E-state index is 12.7. The summed E-state index contributed by atoms with van der Waals surface area (Å²) < 4.78 is 2.67. The van der Waals surface area contributed by atoms with Crippen LogP contribution in [0.5, 0.6) is 0 Å². The van der Waals surface area contributed by atoms with Crippen LogP contribution in [0.1, 0.15) is 28.8 Å². The number of carbonyl (C=O) groups excluding carboxylic acids is 1. The third kappa shape index (κ3) is 4.99. The SMILES string of the molecule is C[C@@H]1c2ccccc2-c2ccc(-n3c4ccccc4c4cc(-c5ccc(-c6ccc(/C=C7\SC(=S)N(CC(=O)O)C7=O)s6)s5)ccc43)cc21. The predicted octanol–water partition coefficient (Wildman–Crippen LogP) is 10.7. The van der Waals surface area contributed by atoms with Crippen molar-refractivity contribution in [2.75, 3.05) is 6.54 Å². The number of aliphatic carboxylic acids is 1. The van der Waals surface area contributed by atoms with Gasteiger partial charge in [0.2, 0.25) is 0 Å². The second-order valence-corrected chi connectivity index (χ2v) is 16.1. The number of hydrogen-bond donors (Lipinski definition) is 1. The quantitative estimate of drug-likeness (QED) is 0.138. The highest BCUT2D eigenvalue weighted by Gasteiger charge is 2.33. The van der Waals surface area contributed by atoms with E-state index < -0.39 is 12.5 Å². The van der Waals surface area contributed by atoms with Crippen molar-refractivity contribution in [3.05, 3.63) is 130 Å². The van der Waals surface area contributed by atoms with Gasteiger partial charge in [-0.25, -0.2) is 0 Å². The summed E-state index contributed by atoms with van der Waals surface area (Å²) in [5.74, 6) is -1.10. The number of carboxylic acid groups (broad SMARTS) is 1. The molecule has 4 aromatic carbocycles. The Labute approximate surface area is 299 Å². The third-order valence-corrected chi connectivity index (χ3v) is 13.1. The third-order valence-electron chi connectivity index (χ3n) is 9.35. The minimum Gasteiger partial charge on any atom is -0.480 e. The van der Waals surface area contributed by atoms with E-state index in [0.717, 1.165) is 31.3 Å². The van der Waals surface area contributed by atoms with Crippen molar-refractivity contribution in [1.29, 1.82) is 0 Å². The number of aromatic nitrogens is 1. The van der Waals surface area contributed by atoms with Gasteiger partial charge in [0.25, 0.3) is 5.91 Å². The maximum Gasteiger partial charge on any atom is 0.323 e. The first-order valence-electron chi connectivity index (χ1n) is 15.8. The van der Waals surface area contributed by atoms with Crippen LogP contribution in [-0.4, -0.2) is 37.3 Å². The summed E-state index contributed by atoms with van der Waals surface area (Å²) in [5.41, 5.74) is 10.2. The van der Waals surface area contributed by atoms with Gasteiger partial charge in [-0.15, -0.1) is 22.7 Å². The summed E-state index contributed by atoms with van der Waals surface area (Å²) in [6, 6.07) is 39.5. The van der Waals surface area contributed by atoms with Crippen LogP contribution in [0.15, 0.2) is 114 Å². The number of fused-ring (bicyclic) bond motifs is 6. The lowest BCUT2D eigenvalue weighted by atomic mass is 9.99. The fraction of sp³-hybridized carbons (Fsp3) is 0.0750. The first-order valence-corrected chi connectivity index (χ1v) is 18.6. The van der Waals surface area contributed by atoms with Gasteiger partial charge >= 0.3 is 5.97 Å². The van der Waals surface area contributed by atoms with Crippen molar-refractivity contribution in [2.45, 2.75) is 12.8 Å². The molecule has 0 saturated carbocycles. The molecule has 0 unspecified atom stereocenters. The predicted molar refractivity (Wildman–Crippen MR) is 208 cm³/mol. The number of thiophene rings is 2. The van der Waals surface area contributed by atoms with Crippen molar-refractivity contribution in [3.63, 3.8) is 0 Å². The molecule has 1 aliphatic heterocycles. The van der Waals surface area contributed by atoms with Crippen LogP contribution in [0.25, 0.3) is 64.9 Å². The summed E-state index contributed by atoms with van der Waals surface area (Å²) in [7, 11) is 0. The van der Waals surface area contributed by atoms with E-state index in [0.29, 0.717) is 10.8 Å². The number of carbonyl (C=O) groups is 2. The van der Waals surface area contributed by atoms with Gasteiger partial charge in [0.15, 0.2) is 0 Å². The Kier molecular flexibility index (Phi) is 7.21. The first-order chi connectivity index (χ1) is 23.8. The molecule has 0 spiro atoms. The number of carboxylic acids is 1. The van der Waals surface area contributed by atoms with Gasteiger partial charge < -0.3 is 9.67 Å². The lowest BCUT2D eigenvalue weighted by molar-refractivity contribution is -0.140. The van der Waals surface area contributed by atoms with Crippen molar-refractivity contribution < 1.29 is 14.7 Å². The van der Waals surface area contributed by atoms with E-state index >= 15 is 0 Å². The normalized spacial score (nSPS) is 16.3. The van der Waals surface area contributed by atoms with Crippen LogP contribution in [0.2, 0.25) is 0 Å². The molecule has 0 radical (unpaired) electrons. The smallest absolute Gasteiger partial charge is 0.323 e. The summed E-state index contributed by atoms with van der Waals surface area (Å²) >= 11 is 9.73. The summed E-state index contributed by atoms with van der Waals surface area (Å²) in [4.78, 5) is 29.8. The number of nitrogens with zero attached hydrogens (tertiary/aromatic N) is 2. The standard InChI is InChI=1S/C40H26N2O3S4/c1-22-26-6-2-3-7-27(26)28-13-11-24(19-30(22)28)42-32-9-5-4-8-29(32)31-18-23(10-14-33(31)42)34-16-17-36(48-34)35-15-12-25(47-35)20-37-39(45)41(21-38(43)44)40(46)49-37/h2-20,22H,21H2,1H3,(H,43,44)/b37-20-/t22-/m1/s1. The molecule has 9 rings (SSSR count). The molecule has 0 bridgehead atoms. The van der Waals surface area contributed by atoms with Gasteiger partial charge in [-0.05, 0) is 88.5 Å². The number of thiocarbonyl (C=S) groups is 1. The lowest BCUT2D eigenvalue weighted by Gasteiger charge is -2.12. The number of benzene rings is 4. The summed E-state index contributed by atoms with van der Waals surface area (Å²) in [6.45, 7) is 1.88. The minimum atomic E-state index is -1.09. The zero-order chi connectivity index (χ0) is 33.4. The van der Waals surface area contributed by atoms with Gasteiger partial charge in [0, 0.05) is 41.9 Å². The van der Waals surface area contributed by atoms with Gasteiger partial charge in [-0.1, -0.05) is 85.5 Å². The van der Waals surface area contributed by atoms with Gasteiger partial charge in [0.1, 0.15) is 10.9 Å². The monoisotopic (exact) mass is 710 g/mol. The Balaban J connectivity index is 1.04. The van der Waals surface area contributed by atoms with Crippen LogP contribution in [0.4, 0.5) is 0 Å². The lowest BCUT2D eigenvalue weighted by Crippen LogP contribution is -2.33. The molecule has 1 fully saturated rings. The highest BCUT2D eigenvalue weighted by molar-refractivity contribution is 8.26. The van der Waals surface area contributed by atoms with Crippen molar-refractivity contribution >= 4 is 90.7 Å². The Bertz CT molecular complexity index is 2570. The molecule has 1 aliphatic carbocycles. The second kappa shape index (κ2) is 11.7. The molecule has 4 heterocycles. The van der Waals surface area contributed by atoms with E-state index in [4.69, 9.17) is 17.3 Å². The number of hydrogen-bond acceptors (Lipinski definition) is 6. The fourth-order valence-electron chi connectivity index (χ4n) is 7.07. The first kappa shape index (κ1) is 30.3. The summed E-state index contributed by atoms with van der Waals surface area (Å²) in [6.07, 6.45) is 1.80. The molecule has 49 heavy (non-hydrogen) atoms. The molecular weight excluding hydrogens is 685 g/mol. The zero-order valence-electron chi connectivity index (χ0n) is 26.0. The van der Waals surface area contributed by atoms with Crippen molar-refractivity contribution in [2.24, 2.45) is 0 Å². The van der Waals surface area contributed by atoms with Crippen molar-refractivity contribution in [1.82, 2.24) is 9.47 Å². The van der Waals surface area contributed by atoms with Crippen LogP contribution < -0.4 is 0 Å². The maximum atomic E-state index is 12.7. The van der Waals surface area contributed by atoms with E-state index in [2.05, 4.69) is 115 Å². The molecule has 1 N–H and O–H groups in total. The molecule has 3 aromatic heterocycles. The molecule has 7 aromatic rings. The minimum absolute atomic E-state index is 0.270. The highest BCUT2D eigenvalue weighted by Crippen LogP contribution is 2.46. The molecule has 1 amide bonds. The molecule has 1 saturated heterocycles. The zero-order valence-corrected chi connectivity index (χ0v) is 29.3. The number of thioether (sulfide) groups is 1. The molecule has 9 heteroatoms. The van der Waals surface area contributed by atoms with E-state index in [1.807, 2.05) is 6.07 Å². The fourth-order valence-corrected chi connectivity index (χ4v) is 10.4. The topological polar surface area (TPSA) is 62.5 Å².